The number of nitrogens with two attached hydrogens (primary N) is 1. The van der Waals surface area contributed by atoms with Gasteiger partial charge < -0.3 is 10.7 Å². The van der Waals surface area contributed by atoms with Crippen LogP contribution in [-0.4, -0.2) is 56.6 Å². The first-order chi connectivity index (χ1) is 15.6. The highest BCUT2D eigenvalue weighted by molar-refractivity contribution is 7.91. The molecule has 2 fully saturated rings. The second kappa shape index (κ2) is 8.23. The Morgan fingerprint density at radius 1 is 1.18 bits per heavy atom. The number of fused-ring (bicyclic) bond motifs is 1. The molecule has 8 nitrogen and oxygen atoms in total. The SMILES string of the molecule is NC(=O)Cc1cc(-c2ccc(S(=O)(=O)N3CCC3)s2)cc2c(C3CCS(=O)(=O)CC3)c[nH]c12. The molecule has 0 saturated carbocycles. The molecule has 5 rings (SSSR count). The minimum atomic E-state index is -3.47. The minimum Gasteiger partial charge on any atom is -0.369 e. The summed E-state index contributed by atoms with van der Waals surface area (Å²) >= 11 is 1.22. The van der Waals surface area contributed by atoms with Crippen molar-refractivity contribution in [1.82, 2.24) is 9.29 Å². The molecule has 176 valence electrons. The first kappa shape index (κ1) is 22.6. The van der Waals surface area contributed by atoms with Gasteiger partial charge in [0.15, 0.2) is 0 Å². The molecule has 0 aliphatic carbocycles. The van der Waals surface area contributed by atoms with Crippen LogP contribution in [0, 0.1) is 0 Å². The zero-order valence-corrected chi connectivity index (χ0v) is 20.4. The predicted octanol–water partition coefficient (Wildman–Crippen LogP) is 2.61. The summed E-state index contributed by atoms with van der Waals surface area (Å²) in [6.45, 7) is 1.10. The summed E-state index contributed by atoms with van der Waals surface area (Å²) in [4.78, 5) is 15.8. The third-order valence-corrected chi connectivity index (χ3v) is 11.8. The van der Waals surface area contributed by atoms with Crippen molar-refractivity contribution in [3.63, 3.8) is 0 Å². The van der Waals surface area contributed by atoms with Gasteiger partial charge in [0.1, 0.15) is 14.0 Å². The molecule has 2 saturated heterocycles. The van der Waals surface area contributed by atoms with Crippen LogP contribution in [0.25, 0.3) is 21.3 Å². The molecule has 0 atom stereocenters. The Kier molecular flexibility index (Phi) is 5.63. The minimum absolute atomic E-state index is 0.0493. The standard InChI is InChI=1S/C22H25N3O5S3/c23-20(26)12-16-10-15(19-2-3-21(31-19)33(29,30)25-6-1-7-25)11-17-18(13-24-22(16)17)14-4-8-32(27,28)9-5-14/h2-3,10-11,13-14,24H,1,4-9,12H2,(H2,23,26). The number of H-pyrrole nitrogens is 1. The quantitative estimate of drug-likeness (QED) is 0.530. The predicted molar refractivity (Wildman–Crippen MR) is 129 cm³/mol. The molecular formula is C22H25N3O5S3. The Labute approximate surface area is 196 Å². The molecule has 4 heterocycles. The lowest BCUT2D eigenvalue weighted by molar-refractivity contribution is -0.117. The van der Waals surface area contributed by atoms with E-state index in [1.165, 1.54) is 15.6 Å². The van der Waals surface area contributed by atoms with Crippen molar-refractivity contribution < 1.29 is 21.6 Å². The summed E-state index contributed by atoms with van der Waals surface area (Å²) in [5, 5.41) is 0.925. The average Bonchev–Trinajstić information content (AvgIpc) is 3.33. The second-order valence-electron chi connectivity index (χ2n) is 8.75. The molecule has 2 aliphatic heterocycles. The fraction of sp³-hybridized carbons (Fsp3) is 0.409. The van der Waals surface area contributed by atoms with Crippen molar-refractivity contribution >= 4 is 48.0 Å². The van der Waals surface area contributed by atoms with Gasteiger partial charge in [-0.1, -0.05) is 0 Å². The molecule has 0 bridgehead atoms. The topological polar surface area (TPSA) is 130 Å². The van der Waals surface area contributed by atoms with Crippen molar-refractivity contribution in [2.45, 2.75) is 35.8 Å². The van der Waals surface area contributed by atoms with Gasteiger partial charge in [-0.3, -0.25) is 4.79 Å². The lowest BCUT2D eigenvalue weighted by Gasteiger charge is -2.28. The Balaban J connectivity index is 1.57. The largest absolute Gasteiger partial charge is 0.369 e. The molecule has 1 aromatic carbocycles. The van der Waals surface area contributed by atoms with E-state index < -0.39 is 25.8 Å². The van der Waals surface area contributed by atoms with Crippen LogP contribution in [-0.2, 0) is 31.1 Å². The average molecular weight is 508 g/mol. The van der Waals surface area contributed by atoms with Crippen LogP contribution in [0.2, 0.25) is 0 Å². The number of sulfone groups is 1. The normalized spacial score (nSPS) is 19.5. The molecule has 0 spiro atoms. The molecular weight excluding hydrogens is 482 g/mol. The zero-order chi connectivity index (χ0) is 23.4. The number of nitrogens with one attached hydrogen (secondary N) is 1. The van der Waals surface area contributed by atoms with Crippen molar-refractivity contribution in [3.8, 4) is 10.4 Å². The van der Waals surface area contributed by atoms with Crippen molar-refractivity contribution in [3.05, 3.63) is 41.6 Å². The number of hydrogen-bond acceptors (Lipinski definition) is 6. The number of rotatable bonds is 6. The van der Waals surface area contributed by atoms with E-state index in [0.717, 1.165) is 38.9 Å². The maximum atomic E-state index is 12.8. The summed E-state index contributed by atoms with van der Waals surface area (Å²) in [6.07, 6.45) is 3.94. The van der Waals surface area contributed by atoms with Gasteiger partial charge in [-0.15, -0.1) is 11.3 Å². The highest BCUT2D eigenvalue weighted by Crippen LogP contribution is 2.39. The van der Waals surface area contributed by atoms with Crippen LogP contribution in [0.3, 0.4) is 0 Å². The second-order valence-corrected chi connectivity index (χ2v) is 14.3. The van der Waals surface area contributed by atoms with E-state index in [-0.39, 0.29) is 23.8 Å². The molecule has 0 radical (unpaired) electrons. The number of amides is 1. The summed E-state index contributed by atoms with van der Waals surface area (Å²) in [6, 6.07) is 7.31. The number of nitrogens with zero attached hydrogens (tertiary/aromatic N) is 1. The van der Waals surface area contributed by atoms with E-state index in [2.05, 4.69) is 4.98 Å². The summed E-state index contributed by atoms with van der Waals surface area (Å²) < 4.78 is 51.1. The molecule has 1 amide bonds. The van der Waals surface area contributed by atoms with Gasteiger partial charge in [0.05, 0.1) is 17.9 Å². The molecule has 33 heavy (non-hydrogen) atoms. The Morgan fingerprint density at radius 3 is 2.55 bits per heavy atom. The van der Waals surface area contributed by atoms with Crippen LogP contribution in [0.5, 0.6) is 0 Å². The van der Waals surface area contributed by atoms with Gasteiger partial charge >= 0.3 is 0 Å². The van der Waals surface area contributed by atoms with Crippen LogP contribution in [0.4, 0.5) is 0 Å². The summed E-state index contributed by atoms with van der Waals surface area (Å²) in [5.74, 6) is -0.0213. The number of hydrogen-bond donors (Lipinski definition) is 2. The third-order valence-electron chi connectivity index (χ3n) is 6.54. The van der Waals surface area contributed by atoms with Crippen LogP contribution >= 0.6 is 11.3 Å². The van der Waals surface area contributed by atoms with Crippen LogP contribution in [0.1, 0.15) is 36.3 Å². The fourth-order valence-electron chi connectivity index (χ4n) is 4.60. The van der Waals surface area contributed by atoms with Gasteiger partial charge in [0.2, 0.25) is 5.91 Å². The van der Waals surface area contributed by atoms with Gasteiger partial charge in [0, 0.05) is 35.1 Å². The molecule has 3 aromatic rings. The Hall–Kier alpha value is -2.21. The molecule has 2 aromatic heterocycles. The number of primary amides is 1. The number of thiophene rings is 1. The van der Waals surface area contributed by atoms with Gasteiger partial charge in [-0.2, -0.15) is 4.31 Å². The van der Waals surface area contributed by atoms with Crippen molar-refractivity contribution in [2.75, 3.05) is 24.6 Å². The number of aromatic nitrogens is 1. The molecule has 2 aliphatic rings. The summed E-state index contributed by atoms with van der Waals surface area (Å²) in [5.41, 5.74) is 8.89. The van der Waals surface area contributed by atoms with Gasteiger partial charge in [-0.25, -0.2) is 16.8 Å². The number of benzene rings is 1. The highest BCUT2D eigenvalue weighted by atomic mass is 32.2. The number of aromatic amines is 1. The lowest BCUT2D eigenvalue weighted by Crippen LogP contribution is -2.41. The van der Waals surface area contributed by atoms with Crippen molar-refractivity contribution in [1.29, 1.82) is 0 Å². The number of carbonyl (C=O) groups is 1. The van der Waals surface area contributed by atoms with E-state index >= 15 is 0 Å². The molecule has 11 heteroatoms. The van der Waals surface area contributed by atoms with E-state index in [4.69, 9.17) is 5.73 Å². The smallest absolute Gasteiger partial charge is 0.252 e. The maximum Gasteiger partial charge on any atom is 0.252 e. The fourth-order valence-corrected chi connectivity index (χ4v) is 9.06. The Bertz CT molecular complexity index is 1440. The van der Waals surface area contributed by atoms with Gasteiger partial charge in [-0.05, 0) is 66.1 Å². The number of sulfonamides is 1. The third kappa shape index (κ3) is 4.23. The monoisotopic (exact) mass is 507 g/mol. The molecule has 3 N–H and O–H groups in total. The molecule has 0 unspecified atom stereocenters. The van der Waals surface area contributed by atoms with E-state index in [9.17, 15) is 21.6 Å². The maximum absolute atomic E-state index is 12.8. The highest BCUT2D eigenvalue weighted by Gasteiger charge is 2.31. The lowest BCUT2D eigenvalue weighted by atomic mass is 9.91. The van der Waals surface area contributed by atoms with Crippen molar-refractivity contribution in [2.24, 2.45) is 5.73 Å². The van der Waals surface area contributed by atoms with E-state index in [0.29, 0.717) is 30.1 Å². The summed E-state index contributed by atoms with van der Waals surface area (Å²) in [7, 11) is -6.45. The van der Waals surface area contributed by atoms with Crippen LogP contribution < -0.4 is 5.73 Å². The number of carbonyl (C=O) groups excluding carboxylic acids is 1. The first-order valence-corrected chi connectivity index (χ1v) is 14.9. The van der Waals surface area contributed by atoms with E-state index in [1.54, 1.807) is 12.1 Å². The zero-order valence-electron chi connectivity index (χ0n) is 17.9. The first-order valence-electron chi connectivity index (χ1n) is 10.9. The van der Waals surface area contributed by atoms with Gasteiger partial charge in [0.25, 0.3) is 10.0 Å². The van der Waals surface area contributed by atoms with Crippen LogP contribution in [0.15, 0.2) is 34.7 Å². The Morgan fingerprint density at radius 2 is 1.91 bits per heavy atom. The van der Waals surface area contributed by atoms with E-state index in [1.807, 2.05) is 18.3 Å².